The maximum atomic E-state index is 12.5. The van der Waals surface area contributed by atoms with Crippen LogP contribution in [0.4, 0.5) is 5.69 Å². The van der Waals surface area contributed by atoms with Crippen molar-refractivity contribution in [2.24, 2.45) is 5.84 Å². The van der Waals surface area contributed by atoms with Crippen LogP contribution in [0.1, 0.15) is 31.3 Å². The van der Waals surface area contributed by atoms with Gasteiger partial charge >= 0.3 is 17.6 Å². The molecule has 0 atom stereocenters. The molecule has 11 heteroatoms. The van der Waals surface area contributed by atoms with Crippen LogP contribution in [0.3, 0.4) is 0 Å². The van der Waals surface area contributed by atoms with E-state index in [4.69, 9.17) is 15.0 Å². The van der Waals surface area contributed by atoms with Gasteiger partial charge in [0.2, 0.25) is 5.76 Å². The number of benzene rings is 2. The average Bonchev–Trinajstić information content (AvgIpc) is 3.23. The van der Waals surface area contributed by atoms with Crippen molar-refractivity contribution in [1.29, 1.82) is 0 Å². The van der Waals surface area contributed by atoms with E-state index in [1.807, 2.05) is 0 Å². The van der Waals surface area contributed by atoms with E-state index in [0.717, 1.165) is 12.1 Å². The fourth-order valence-corrected chi connectivity index (χ4v) is 2.73. The van der Waals surface area contributed by atoms with Gasteiger partial charge in [-0.2, -0.15) is 0 Å². The number of rotatable bonds is 5. The highest BCUT2D eigenvalue weighted by Crippen LogP contribution is 2.33. The predicted octanol–water partition coefficient (Wildman–Crippen LogP) is 2.16. The van der Waals surface area contributed by atoms with Gasteiger partial charge in [0.1, 0.15) is 5.56 Å². The fraction of sp³-hybridized carbons (Fsp3) is 0. The molecule has 0 spiro atoms. The molecule has 3 aromatic rings. The molecule has 0 aliphatic heterocycles. The number of esters is 2. The molecule has 11 nitrogen and oxygen atoms in total. The molecule has 0 saturated heterocycles. The number of nitro benzene ring substituents is 1. The zero-order valence-electron chi connectivity index (χ0n) is 15.0. The third-order valence-electron chi connectivity index (χ3n) is 4.04. The van der Waals surface area contributed by atoms with E-state index < -0.39 is 45.3 Å². The third kappa shape index (κ3) is 3.72. The molecule has 3 rings (SSSR count). The lowest BCUT2D eigenvalue weighted by molar-refractivity contribution is -0.386. The molecule has 2 aromatic carbocycles. The summed E-state index contributed by atoms with van der Waals surface area (Å²) in [7, 11) is 0. The molecular weight excluding hydrogens is 398 g/mol. The standard InChI is InChI=1S/C19H13N3O8/c20-21-17(24)14-12(6-7-13(23)15(14)22(27)28)18(25)30-19(26)16-11(8-9-29-16)10-4-2-1-3-5-10/h1-9,23H,20H2,(H,21,24). The summed E-state index contributed by atoms with van der Waals surface area (Å²) >= 11 is 0. The zero-order chi connectivity index (χ0) is 21.8. The van der Waals surface area contributed by atoms with Gasteiger partial charge in [-0.1, -0.05) is 30.3 Å². The Labute approximate surface area is 167 Å². The van der Waals surface area contributed by atoms with Crippen molar-refractivity contribution in [3.05, 3.63) is 81.8 Å². The van der Waals surface area contributed by atoms with Crippen LogP contribution < -0.4 is 11.3 Å². The summed E-state index contributed by atoms with van der Waals surface area (Å²) in [5, 5.41) is 20.9. The molecule has 0 fully saturated rings. The van der Waals surface area contributed by atoms with Crippen molar-refractivity contribution in [2.45, 2.75) is 0 Å². The topological polar surface area (TPSA) is 175 Å². The smallest absolute Gasteiger partial charge is 0.382 e. The van der Waals surface area contributed by atoms with Crippen molar-refractivity contribution in [2.75, 3.05) is 0 Å². The minimum atomic E-state index is -1.38. The molecule has 0 saturated carbocycles. The number of carbonyl (C=O) groups excluding carboxylic acids is 3. The van der Waals surface area contributed by atoms with Crippen molar-refractivity contribution in [1.82, 2.24) is 5.43 Å². The first-order valence-corrected chi connectivity index (χ1v) is 8.25. The molecule has 0 bridgehead atoms. The number of nitrogens with zero attached hydrogens (tertiary/aromatic N) is 1. The fourth-order valence-electron chi connectivity index (χ4n) is 2.73. The van der Waals surface area contributed by atoms with Gasteiger partial charge in [0.25, 0.3) is 5.91 Å². The van der Waals surface area contributed by atoms with E-state index in [0.29, 0.717) is 11.1 Å². The normalized spacial score (nSPS) is 10.3. The number of nitrogens with one attached hydrogen (secondary N) is 1. The molecule has 30 heavy (non-hydrogen) atoms. The van der Waals surface area contributed by atoms with Crippen LogP contribution in [0.5, 0.6) is 5.75 Å². The van der Waals surface area contributed by atoms with Gasteiger partial charge in [-0.3, -0.25) is 20.3 Å². The molecular formula is C19H13N3O8. The van der Waals surface area contributed by atoms with Crippen LogP contribution in [0.25, 0.3) is 11.1 Å². The van der Waals surface area contributed by atoms with E-state index in [1.165, 1.54) is 12.3 Å². The van der Waals surface area contributed by atoms with Gasteiger partial charge in [0.05, 0.1) is 16.7 Å². The second kappa shape index (κ2) is 8.24. The number of nitro groups is 1. The van der Waals surface area contributed by atoms with Crippen LogP contribution >= 0.6 is 0 Å². The molecule has 1 aromatic heterocycles. The summed E-state index contributed by atoms with van der Waals surface area (Å²) < 4.78 is 9.88. The predicted molar refractivity (Wildman–Crippen MR) is 100 cm³/mol. The molecule has 0 aliphatic carbocycles. The number of phenolic OH excluding ortho intramolecular Hbond substituents is 1. The van der Waals surface area contributed by atoms with Crippen LogP contribution in [0.2, 0.25) is 0 Å². The zero-order valence-corrected chi connectivity index (χ0v) is 15.0. The SMILES string of the molecule is NNC(=O)c1c(C(=O)OC(=O)c2occc2-c2ccccc2)ccc(O)c1[N+](=O)[O-]. The van der Waals surface area contributed by atoms with Crippen molar-refractivity contribution < 1.29 is 33.6 Å². The first-order valence-electron chi connectivity index (χ1n) is 8.25. The quantitative estimate of drug-likeness (QED) is 0.142. The van der Waals surface area contributed by atoms with Crippen molar-refractivity contribution in [3.8, 4) is 16.9 Å². The van der Waals surface area contributed by atoms with E-state index in [2.05, 4.69) is 0 Å². The Bertz CT molecular complexity index is 1150. The van der Waals surface area contributed by atoms with Gasteiger partial charge in [0.15, 0.2) is 5.75 Å². The Kier molecular flexibility index (Phi) is 5.56. The highest BCUT2D eigenvalue weighted by atomic mass is 16.6. The maximum Gasteiger partial charge on any atom is 0.382 e. The number of amides is 1. The number of hydrogen-bond donors (Lipinski definition) is 3. The van der Waals surface area contributed by atoms with E-state index >= 15 is 0 Å². The Balaban J connectivity index is 1.97. The van der Waals surface area contributed by atoms with E-state index in [-0.39, 0.29) is 5.76 Å². The molecule has 152 valence electrons. The number of hydrazine groups is 1. The van der Waals surface area contributed by atoms with Crippen LogP contribution in [0.15, 0.2) is 59.2 Å². The summed E-state index contributed by atoms with van der Waals surface area (Å²) in [6.45, 7) is 0. The lowest BCUT2D eigenvalue weighted by Gasteiger charge is -2.09. The molecule has 1 heterocycles. The summed E-state index contributed by atoms with van der Waals surface area (Å²) in [6, 6.07) is 11.8. The number of aromatic hydroxyl groups is 1. The number of phenols is 1. The second-order valence-corrected chi connectivity index (χ2v) is 5.79. The van der Waals surface area contributed by atoms with Gasteiger partial charge < -0.3 is 14.3 Å². The van der Waals surface area contributed by atoms with E-state index in [1.54, 1.807) is 35.8 Å². The molecule has 0 radical (unpaired) electrons. The Morgan fingerprint density at radius 3 is 2.40 bits per heavy atom. The number of ether oxygens (including phenoxy) is 1. The van der Waals surface area contributed by atoms with Gasteiger partial charge in [-0.15, -0.1) is 0 Å². The number of nitrogens with two attached hydrogens (primary N) is 1. The van der Waals surface area contributed by atoms with Crippen LogP contribution in [-0.4, -0.2) is 27.9 Å². The molecule has 4 N–H and O–H groups in total. The summed E-state index contributed by atoms with van der Waals surface area (Å²) in [5.74, 6) is 0.0609. The average molecular weight is 411 g/mol. The lowest BCUT2D eigenvalue weighted by atomic mass is 10.0. The van der Waals surface area contributed by atoms with Crippen molar-refractivity contribution in [3.63, 3.8) is 0 Å². The monoisotopic (exact) mass is 411 g/mol. The third-order valence-corrected chi connectivity index (χ3v) is 4.04. The molecule has 1 amide bonds. The summed E-state index contributed by atoms with van der Waals surface area (Å²) in [6.07, 6.45) is 1.22. The maximum absolute atomic E-state index is 12.5. The number of carbonyl (C=O) groups is 3. The van der Waals surface area contributed by atoms with Crippen LogP contribution in [0, 0.1) is 10.1 Å². The largest absolute Gasteiger partial charge is 0.502 e. The highest BCUT2D eigenvalue weighted by molar-refractivity contribution is 6.12. The van der Waals surface area contributed by atoms with Gasteiger partial charge in [-0.05, 0) is 23.8 Å². The van der Waals surface area contributed by atoms with E-state index in [9.17, 15) is 29.6 Å². The van der Waals surface area contributed by atoms with Crippen LogP contribution in [-0.2, 0) is 4.74 Å². The van der Waals surface area contributed by atoms with Crippen molar-refractivity contribution >= 4 is 23.5 Å². The Morgan fingerprint density at radius 2 is 1.77 bits per heavy atom. The van der Waals surface area contributed by atoms with Gasteiger partial charge in [-0.25, -0.2) is 15.4 Å². The Hall–Kier alpha value is -4.51. The number of nitrogen functional groups attached to an aromatic ring is 1. The molecule has 0 unspecified atom stereocenters. The number of hydrogen-bond acceptors (Lipinski definition) is 9. The summed E-state index contributed by atoms with van der Waals surface area (Å²) in [5.41, 5.74) is 0.0417. The lowest BCUT2D eigenvalue weighted by Crippen LogP contribution is -2.32. The first-order chi connectivity index (χ1) is 14.3. The Morgan fingerprint density at radius 1 is 1.07 bits per heavy atom. The first kappa shape index (κ1) is 20.2. The highest BCUT2D eigenvalue weighted by Gasteiger charge is 2.33. The number of furan rings is 1. The summed E-state index contributed by atoms with van der Waals surface area (Å²) in [4.78, 5) is 47.2. The molecule has 0 aliphatic rings. The second-order valence-electron chi connectivity index (χ2n) is 5.79. The van der Waals surface area contributed by atoms with Gasteiger partial charge in [0, 0.05) is 5.56 Å². The minimum Gasteiger partial charge on any atom is -0.502 e. The minimum absolute atomic E-state index is 0.285.